The van der Waals surface area contributed by atoms with E-state index >= 15 is 0 Å². The van der Waals surface area contributed by atoms with Crippen LogP contribution in [0.5, 0.6) is 0 Å². The molecule has 2 unspecified atom stereocenters. The van der Waals surface area contributed by atoms with Crippen molar-refractivity contribution in [2.24, 2.45) is 0 Å². The van der Waals surface area contributed by atoms with Crippen LogP contribution < -0.4 is 5.32 Å². The molecule has 1 N–H and O–H groups in total. The van der Waals surface area contributed by atoms with Crippen molar-refractivity contribution in [3.05, 3.63) is 23.9 Å². The maximum absolute atomic E-state index is 8.86. The molecule has 4 heteroatoms. The van der Waals surface area contributed by atoms with Crippen molar-refractivity contribution in [1.82, 2.24) is 9.88 Å². The molecule has 88 valence electrons. The molecular formula is C13H16N4. The van der Waals surface area contributed by atoms with Crippen LogP contribution in [0.15, 0.2) is 18.3 Å². The summed E-state index contributed by atoms with van der Waals surface area (Å²) in [5, 5.41) is 12.3. The Morgan fingerprint density at radius 2 is 2.35 bits per heavy atom. The zero-order valence-electron chi connectivity index (χ0n) is 9.76. The Bertz CT molecular complexity index is 451. The van der Waals surface area contributed by atoms with Gasteiger partial charge in [0.15, 0.2) is 0 Å². The highest BCUT2D eigenvalue weighted by Crippen LogP contribution is 2.29. The van der Waals surface area contributed by atoms with Gasteiger partial charge in [0.2, 0.25) is 0 Å². The lowest BCUT2D eigenvalue weighted by Crippen LogP contribution is -2.33. The largest absolute Gasteiger partial charge is 0.366 e. The van der Waals surface area contributed by atoms with Crippen molar-refractivity contribution in [3.8, 4) is 6.07 Å². The highest BCUT2D eigenvalue weighted by atomic mass is 15.2. The SMILES string of the molecule is N#Cc1ccnc(NC2CCN3CCCC23)c1. The van der Waals surface area contributed by atoms with Gasteiger partial charge >= 0.3 is 0 Å². The van der Waals surface area contributed by atoms with E-state index in [1.165, 1.54) is 32.4 Å². The third-order valence-corrected chi connectivity index (χ3v) is 3.83. The van der Waals surface area contributed by atoms with E-state index in [2.05, 4.69) is 21.3 Å². The van der Waals surface area contributed by atoms with Gasteiger partial charge in [0.1, 0.15) is 5.82 Å². The third kappa shape index (κ3) is 1.98. The summed E-state index contributed by atoms with van der Waals surface area (Å²) < 4.78 is 0. The number of fused-ring (bicyclic) bond motifs is 1. The van der Waals surface area contributed by atoms with E-state index in [9.17, 15) is 0 Å². The average molecular weight is 228 g/mol. The monoisotopic (exact) mass is 228 g/mol. The molecule has 1 aromatic rings. The predicted octanol–water partition coefficient (Wildman–Crippen LogP) is 1.60. The molecule has 17 heavy (non-hydrogen) atoms. The highest BCUT2D eigenvalue weighted by Gasteiger charge is 2.37. The number of nitrogens with zero attached hydrogens (tertiary/aromatic N) is 3. The quantitative estimate of drug-likeness (QED) is 0.835. The molecule has 0 radical (unpaired) electrons. The van der Waals surface area contributed by atoms with Gasteiger partial charge in [-0.3, -0.25) is 4.90 Å². The van der Waals surface area contributed by atoms with E-state index in [1.54, 1.807) is 12.3 Å². The summed E-state index contributed by atoms with van der Waals surface area (Å²) in [6.45, 7) is 2.44. The number of aromatic nitrogens is 1. The summed E-state index contributed by atoms with van der Waals surface area (Å²) in [5.41, 5.74) is 0.670. The fraction of sp³-hybridized carbons (Fsp3) is 0.538. The number of nitrogens with one attached hydrogen (secondary N) is 1. The Labute approximate surface area is 101 Å². The second-order valence-corrected chi connectivity index (χ2v) is 4.83. The minimum atomic E-state index is 0.499. The number of anilines is 1. The topological polar surface area (TPSA) is 52.0 Å². The molecule has 2 saturated heterocycles. The number of nitriles is 1. The van der Waals surface area contributed by atoms with Crippen LogP contribution in [0.25, 0.3) is 0 Å². The summed E-state index contributed by atoms with van der Waals surface area (Å²) in [6, 6.07) is 6.88. The van der Waals surface area contributed by atoms with Gasteiger partial charge in [0.25, 0.3) is 0 Å². The Hall–Kier alpha value is -1.60. The Kier molecular flexibility index (Phi) is 2.69. The Morgan fingerprint density at radius 3 is 3.24 bits per heavy atom. The van der Waals surface area contributed by atoms with Crippen molar-refractivity contribution in [2.45, 2.75) is 31.3 Å². The lowest BCUT2D eigenvalue weighted by Gasteiger charge is -2.21. The van der Waals surface area contributed by atoms with Gasteiger partial charge in [-0.2, -0.15) is 5.26 Å². The molecule has 2 aliphatic rings. The van der Waals surface area contributed by atoms with Gasteiger partial charge in [-0.1, -0.05) is 0 Å². The molecule has 0 aromatic carbocycles. The first-order valence-electron chi connectivity index (χ1n) is 6.23. The Morgan fingerprint density at radius 1 is 1.41 bits per heavy atom. The number of hydrogen-bond acceptors (Lipinski definition) is 4. The molecule has 0 aliphatic carbocycles. The molecule has 2 atom stereocenters. The molecule has 4 nitrogen and oxygen atoms in total. The van der Waals surface area contributed by atoms with Crippen molar-refractivity contribution in [3.63, 3.8) is 0 Å². The molecule has 1 aromatic heterocycles. The molecule has 0 bridgehead atoms. The molecule has 3 heterocycles. The summed E-state index contributed by atoms with van der Waals surface area (Å²) in [5.74, 6) is 0.836. The third-order valence-electron chi connectivity index (χ3n) is 3.83. The van der Waals surface area contributed by atoms with Crippen LogP contribution in [-0.2, 0) is 0 Å². The van der Waals surface area contributed by atoms with E-state index in [1.807, 2.05) is 6.07 Å². The van der Waals surface area contributed by atoms with Crippen LogP contribution in [0.4, 0.5) is 5.82 Å². The predicted molar refractivity (Wildman–Crippen MR) is 65.6 cm³/mol. The fourth-order valence-corrected chi connectivity index (χ4v) is 3.02. The molecule has 0 spiro atoms. The summed E-state index contributed by atoms with van der Waals surface area (Å²) >= 11 is 0. The number of pyridine rings is 1. The summed E-state index contributed by atoms with van der Waals surface area (Å²) in [6.07, 6.45) is 5.48. The van der Waals surface area contributed by atoms with Crippen LogP contribution in [0.1, 0.15) is 24.8 Å². The van der Waals surface area contributed by atoms with Crippen LogP contribution in [-0.4, -0.2) is 35.1 Å². The fourth-order valence-electron chi connectivity index (χ4n) is 3.02. The zero-order valence-corrected chi connectivity index (χ0v) is 9.76. The van der Waals surface area contributed by atoms with E-state index in [-0.39, 0.29) is 0 Å². The number of hydrogen-bond donors (Lipinski definition) is 1. The van der Waals surface area contributed by atoms with Gasteiger partial charge in [0, 0.05) is 24.8 Å². The summed E-state index contributed by atoms with van der Waals surface area (Å²) in [7, 11) is 0. The molecular weight excluding hydrogens is 212 g/mol. The number of rotatable bonds is 2. The van der Waals surface area contributed by atoms with Gasteiger partial charge in [-0.05, 0) is 37.9 Å². The van der Waals surface area contributed by atoms with Crippen molar-refractivity contribution in [2.75, 3.05) is 18.4 Å². The molecule has 2 aliphatic heterocycles. The van der Waals surface area contributed by atoms with Crippen LogP contribution in [0, 0.1) is 11.3 Å². The lowest BCUT2D eigenvalue weighted by molar-refractivity contribution is 0.318. The summed E-state index contributed by atoms with van der Waals surface area (Å²) in [4.78, 5) is 6.85. The average Bonchev–Trinajstić information content (AvgIpc) is 2.94. The molecule has 2 fully saturated rings. The van der Waals surface area contributed by atoms with Crippen LogP contribution in [0.2, 0.25) is 0 Å². The maximum atomic E-state index is 8.86. The van der Waals surface area contributed by atoms with Crippen molar-refractivity contribution >= 4 is 5.82 Å². The minimum Gasteiger partial charge on any atom is -0.366 e. The van der Waals surface area contributed by atoms with Gasteiger partial charge in [0.05, 0.1) is 11.6 Å². The molecule has 3 rings (SSSR count). The van der Waals surface area contributed by atoms with Crippen LogP contribution in [0.3, 0.4) is 0 Å². The molecule has 0 amide bonds. The zero-order chi connectivity index (χ0) is 11.7. The lowest BCUT2D eigenvalue weighted by atomic mass is 10.1. The van der Waals surface area contributed by atoms with Crippen molar-refractivity contribution < 1.29 is 0 Å². The second-order valence-electron chi connectivity index (χ2n) is 4.83. The Balaban J connectivity index is 1.72. The molecule has 0 saturated carbocycles. The van der Waals surface area contributed by atoms with Gasteiger partial charge in [-0.25, -0.2) is 4.98 Å². The normalized spacial score (nSPS) is 27.7. The van der Waals surface area contributed by atoms with Gasteiger partial charge < -0.3 is 5.32 Å². The first kappa shape index (κ1) is 10.5. The van der Waals surface area contributed by atoms with Crippen LogP contribution >= 0.6 is 0 Å². The van der Waals surface area contributed by atoms with Crippen molar-refractivity contribution in [1.29, 1.82) is 5.26 Å². The van der Waals surface area contributed by atoms with E-state index in [0.717, 1.165) is 5.82 Å². The van der Waals surface area contributed by atoms with E-state index in [0.29, 0.717) is 17.6 Å². The van der Waals surface area contributed by atoms with E-state index in [4.69, 9.17) is 5.26 Å². The standard InChI is InChI=1S/C13H16N4/c14-9-10-3-5-15-13(8-10)16-11-4-7-17-6-1-2-12(11)17/h3,5,8,11-12H,1-2,4,6-7H2,(H,15,16). The van der Waals surface area contributed by atoms with E-state index < -0.39 is 0 Å². The van der Waals surface area contributed by atoms with Gasteiger partial charge in [-0.15, -0.1) is 0 Å². The highest BCUT2D eigenvalue weighted by molar-refractivity contribution is 5.43. The maximum Gasteiger partial charge on any atom is 0.127 e. The smallest absolute Gasteiger partial charge is 0.127 e. The second kappa shape index (κ2) is 4.34. The first-order valence-corrected chi connectivity index (χ1v) is 6.23. The minimum absolute atomic E-state index is 0.499. The first-order chi connectivity index (χ1) is 8.36.